The third-order valence-electron chi connectivity index (χ3n) is 3.39. The molecule has 130 valence electrons. The first kappa shape index (κ1) is 18.4. The smallest absolute Gasteiger partial charge is 0.229 e. The molecule has 2 aromatic rings. The van der Waals surface area contributed by atoms with Gasteiger partial charge in [-0.25, -0.2) is 0 Å². The first-order valence-electron chi connectivity index (χ1n) is 7.82. The fourth-order valence-electron chi connectivity index (χ4n) is 2.14. The van der Waals surface area contributed by atoms with E-state index >= 15 is 0 Å². The van der Waals surface area contributed by atoms with Crippen LogP contribution in [0.3, 0.4) is 0 Å². The number of hydrogen-bond acceptors (Lipinski definition) is 6. The van der Waals surface area contributed by atoms with Crippen molar-refractivity contribution in [1.29, 1.82) is 0 Å². The lowest BCUT2D eigenvalue weighted by Gasteiger charge is -2.19. The third-order valence-corrected chi connectivity index (χ3v) is 4.38. The van der Waals surface area contributed by atoms with Crippen molar-refractivity contribution in [2.45, 2.75) is 20.3 Å². The molecule has 0 aliphatic heterocycles. The minimum absolute atomic E-state index is 0.0412. The molecule has 0 saturated carbocycles. The lowest BCUT2D eigenvalue weighted by molar-refractivity contribution is -0.119. The van der Waals surface area contributed by atoms with Crippen molar-refractivity contribution >= 4 is 22.4 Å². The molecule has 0 fully saturated rings. The van der Waals surface area contributed by atoms with E-state index in [1.165, 1.54) is 11.3 Å². The first-order valence-corrected chi connectivity index (χ1v) is 8.64. The second-order valence-electron chi connectivity index (χ2n) is 5.75. The summed E-state index contributed by atoms with van der Waals surface area (Å²) in [7, 11) is 3.25. The van der Waals surface area contributed by atoms with Crippen molar-refractivity contribution in [3.8, 4) is 16.3 Å². The zero-order chi connectivity index (χ0) is 17.5. The van der Waals surface area contributed by atoms with Crippen molar-refractivity contribution in [1.82, 2.24) is 10.2 Å². The number of amides is 1. The molecule has 1 aromatic heterocycles. The number of hydrogen-bond donors (Lipinski definition) is 0. The number of carbonyl (C=O) groups excluding carboxylic acids is 1. The van der Waals surface area contributed by atoms with Crippen LogP contribution in [-0.2, 0) is 9.53 Å². The Hall–Kier alpha value is -1.99. The topological polar surface area (TPSA) is 64.5 Å². The summed E-state index contributed by atoms with van der Waals surface area (Å²) >= 11 is 1.40. The zero-order valence-corrected chi connectivity index (χ0v) is 15.3. The highest BCUT2D eigenvalue weighted by molar-refractivity contribution is 7.18. The van der Waals surface area contributed by atoms with Crippen molar-refractivity contribution in [2.24, 2.45) is 5.92 Å². The van der Waals surface area contributed by atoms with Gasteiger partial charge in [-0.15, -0.1) is 10.2 Å². The second-order valence-corrected chi connectivity index (χ2v) is 6.71. The van der Waals surface area contributed by atoms with Crippen molar-refractivity contribution in [3.05, 3.63) is 24.3 Å². The predicted octanol–water partition coefficient (Wildman–Crippen LogP) is 3.24. The molecular weight excluding hydrogens is 326 g/mol. The average molecular weight is 349 g/mol. The zero-order valence-electron chi connectivity index (χ0n) is 14.5. The van der Waals surface area contributed by atoms with Crippen LogP contribution in [0.2, 0.25) is 0 Å². The summed E-state index contributed by atoms with van der Waals surface area (Å²) in [5, 5.41) is 9.80. The van der Waals surface area contributed by atoms with Gasteiger partial charge in [-0.3, -0.25) is 9.69 Å². The minimum Gasteiger partial charge on any atom is -0.497 e. The SMILES string of the molecule is COCCN(C(=O)CC(C)C)c1nnc(-c2ccc(OC)cc2)s1. The predicted molar refractivity (Wildman–Crippen MR) is 95.6 cm³/mol. The number of anilines is 1. The van der Waals surface area contributed by atoms with E-state index in [2.05, 4.69) is 10.2 Å². The third kappa shape index (κ3) is 4.75. The molecule has 7 heteroatoms. The van der Waals surface area contributed by atoms with E-state index in [1.807, 2.05) is 38.1 Å². The lowest BCUT2D eigenvalue weighted by atomic mass is 10.1. The van der Waals surface area contributed by atoms with Gasteiger partial charge in [0.15, 0.2) is 0 Å². The highest BCUT2D eigenvalue weighted by Crippen LogP contribution is 2.30. The van der Waals surface area contributed by atoms with Gasteiger partial charge in [-0.1, -0.05) is 25.2 Å². The Morgan fingerprint density at radius 2 is 1.92 bits per heavy atom. The summed E-state index contributed by atoms with van der Waals surface area (Å²) in [6.07, 6.45) is 0.473. The number of nitrogens with zero attached hydrogens (tertiary/aromatic N) is 3. The number of aromatic nitrogens is 2. The van der Waals surface area contributed by atoms with E-state index < -0.39 is 0 Å². The van der Waals surface area contributed by atoms with Crippen LogP contribution in [0.1, 0.15) is 20.3 Å². The van der Waals surface area contributed by atoms with E-state index in [4.69, 9.17) is 9.47 Å². The van der Waals surface area contributed by atoms with Crippen LogP contribution in [0, 0.1) is 5.92 Å². The molecule has 6 nitrogen and oxygen atoms in total. The van der Waals surface area contributed by atoms with Crippen molar-refractivity contribution < 1.29 is 14.3 Å². The van der Waals surface area contributed by atoms with Gasteiger partial charge in [-0.2, -0.15) is 0 Å². The van der Waals surface area contributed by atoms with E-state index in [0.717, 1.165) is 16.3 Å². The summed E-state index contributed by atoms with van der Waals surface area (Å²) in [6, 6.07) is 7.61. The van der Waals surface area contributed by atoms with E-state index in [1.54, 1.807) is 19.1 Å². The van der Waals surface area contributed by atoms with Crippen LogP contribution in [0.4, 0.5) is 5.13 Å². The molecule has 1 aromatic carbocycles. The van der Waals surface area contributed by atoms with Crippen LogP contribution in [-0.4, -0.2) is 43.5 Å². The maximum atomic E-state index is 12.5. The number of methoxy groups -OCH3 is 2. The molecule has 0 aliphatic rings. The molecule has 2 rings (SSSR count). The average Bonchev–Trinajstić information content (AvgIpc) is 3.04. The normalized spacial score (nSPS) is 10.9. The minimum atomic E-state index is 0.0412. The van der Waals surface area contributed by atoms with Gasteiger partial charge in [0.1, 0.15) is 10.8 Å². The Balaban J connectivity index is 2.21. The molecule has 0 bridgehead atoms. The first-order chi connectivity index (χ1) is 11.5. The number of rotatable bonds is 8. The summed E-state index contributed by atoms with van der Waals surface area (Å²) in [6.45, 7) is 4.98. The van der Waals surface area contributed by atoms with Gasteiger partial charge < -0.3 is 9.47 Å². The van der Waals surface area contributed by atoms with Gasteiger partial charge in [0, 0.05) is 19.1 Å². The van der Waals surface area contributed by atoms with E-state index in [9.17, 15) is 4.79 Å². The number of carbonyl (C=O) groups is 1. The summed E-state index contributed by atoms with van der Waals surface area (Å²) in [5.41, 5.74) is 0.947. The van der Waals surface area contributed by atoms with Gasteiger partial charge in [0.05, 0.1) is 20.3 Å². The fraction of sp³-hybridized carbons (Fsp3) is 0.471. The Bertz CT molecular complexity index is 655. The van der Waals surface area contributed by atoms with Crippen LogP contribution < -0.4 is 9.64 Å². The molecule has 0 aliphatic carbocycles. The Morgan fingerprint density at radius 1 is 1.21 bits per heavy atom. The van der Waals surface area contributed by atoms with Gasteiger partial charge in [0.25, 0.3) is 0 Å². The molecule has 0 unspecified atom stereocenters. The van der Waals surface area contributed by atoms with Crippen molar-refractivity contribution in [2.75, 3.05) is 32.3 Å². The van der Waals surface area contributed by atoms with Crippen molar-refractivity contribution in [3.63, 3.8) is 0 Å². The second kappa shape index (κ2) is 8.75. The summed E-state index contributed by atoms with van der Waals surface area (Å²) in [4.78, 5) is 14.1. The summed E-state index contributed by atoms with van der Waals surface area (Å²) in [5.74, 6) is 1.12. The standard InChI is InChI=1S/C17H23N3O3S/c1-12(2)11-15(21)20(9-10-22-3)17-19-18-16(24-17)13-5-7-14(23-4)8-6-13/h5-8,12H,9-11H2,1-4H3. The Kier molecular flexibility index (Phi) is 6.69. The highest BCUT2D eigenvalue weighted by atomic mass is 32.1. The van der Waals surface area contributed by atoms with Crippen LogP contribution in [0.5, 0.6) is 5.75 Å². The monoisotopic (exact) mass is 349 g/mol. The molecule has 0 atom stereocenters. The Morgan fingerprint density at radius 3 is 2.50 bits per heavy atom. The van der Waals surface area contributed by atoms with Gasteiger partial charge in [-0.05, 0) is 30.2 Å². The number of ether oxygens (including phenoxy) is 2. The molecule has 1 amide bonds. The maximum Gasteiger partial charge on any atom is 0.229 e. The van der Waals surface area contributed by atoms with Gasteiger partial charge in [0.2, 0.25) is 11.0 Å². The summed E-state index contributed by atoms with van der Waals surface area (Å²) < 4.78 is 10.3. The number of benzene rings is 1. The molecule has 0 spiro atoms. The van der Waals surface area contributed by atoms with Crippen LogP contribution in [0.15, 0.2) is 24.3 Å². The maximum absolute atomic E-state index is 12.5. The molecule has 0 N–H and O–H groups in total. The molecular formula is C17H23N3O3S. The molecule has 0 radical (unpaired) electrons. The largest absolute Gasteiger partial charge is 0.497 e. The van der Waals surface area contributed by atoms with Crippen LogP contribution in [0.25, 0.3) is 10.6 Å². The quantitative estimate of drug-likeness (QED) is 0.732. The fourth-order valence-corrected chi connectivity index (χ4v) is 3.04. The Labute approximate surface area is 146 Å². The van der Waals surface area contributed by atoms with E-state index in [0.29, 0.717) is 24.7 Å². The highest BCUT2D eigenvalue weighted by Gasteiger charge is 2.21. The van der Waals surface area contributed by atoms with Gasteiger partial charge >= 0.3 is 0 Å². The molecule has 24 heavy (non-hydrogen) atoms. The molecule has 1 heterocycles. The lowest BCUT2D eigenvalue weighted by Crippen LogP contribution is -2.34. The van der Waals surface area contributed by atoms with E-state index in [-0.39, 0.29) is 11.8 Å². The molecule has 0 saturated heterocycles. The van der Waals surface area contributed by atoms with Crippen LogP contribution >= 0.6 is 11.3 Å².